The van der Waals surface area contributed by atoms with E-state index in [1.54, 1.807) is 13.8 Å². The third-order valence-corrected chi connectivity index (χ3v) is 5.66. The molecule has 1 fully saturated rings. The Morgan fingerprint density at radius 2 is 1.68 bits per heavy atom. The molecule has 0 unspecified atom stereocenters. The number of carbonyl (C=O) groups is 2. The van der Waals surface area contributed by atoms with Crippen molar-refractivity contribution < 1.29 is 14.7 Å². The first-order chi connectivity index (χ1) is 13.1. The summed E-state index contributed by atoms with van der Waals surface area (Å²) in [6, 6.07) is 11.6. The predicted octanol–water partition coefficient (Wildman–Crippen LogP) is 4.91. The van der Waals surface area contributed by atoms with Crippen molar-refractivity contribution in [3.8, 4) is 0 Å². The van der Waals surface area contributed by atoms with Crippen molar-refractivity contribution in [1.29, 1.82) is 0 Å². The number of β-amino-alcohol motifs (C(OH)–C–C–N with tert-alkyl or cyclic N) is 1. The number of imide groups is 1. The van der Waals surface area contributed by atoms with Crippen molar-refractivity contribution in [3.63, 3.8) is 0 Å². The summed E-state index contributed by atoms with van der Waals surface area (Å²) in [4.78, 5) is 29.1. The highest BCUT2D eigenvalue weighted by atomic mass is 79.9. The number of aliphatic hydroxyl groups excluding tert-OH is 1. The average molecular weight is 486 g/mol. The quantitative estimate of drug-likeness (QED) is 0.612. The van der Waals surface area contributed by atoms with Crippen LogP contribution in [0.4, 0.5) is 10.5 Å². The number of hydrogen-bond donors (Lipinski definition) is 1. The average Bonchev–Trinajstić information content (AvgIpc) is 2.77. The van der Waals surface area contributed by atoms with Gasteiger partial charge in [0.25, 0.3) is 5.91 Å². The molecule has 1 heterocycles. The Bertz CT molecular complexity index is 900. The standard InChI is InChI=1S/C20H19BrCl2N2O3/c1-12(26)11-24-19(28)25(17-8-15(22)7-16(23)9-17)18(27)20(24,2)10-13-3-5-14(21)6-4-13/h3-9,12,26H,10-11H2,1-2H3/t12-,20+/m0/s1. The van der Waals surface area contributed by atoms with Crippen LogP contribution in [0.1, 0.15) is 19.4 Å². The molecule has 2 atom stereocenters. The zero-order valence-corrected chi connectivity index (χ0v) is 18.4. The topological polar surface area (TPSA) is 60.9 Å². The van der Waals surface area contributed by atoms with Crippen LogP contribution in [-0.4, -0.2) is 40.1 Å². The van der Waals surface area contributed by atoms with Crippen molar-refractivity contribution >= 4 is 56.8 Å². The molecule has 148 valence electrons. The van der Waals surface area contributed by atoms with E-state index in [4.69, 9.17) is 23.2 Å². The van der Waals surface area contributed by atoms with Crippen molar-refractivity contribution in [2.24, 2.45) is 0 Å². The Labute approximate surface area is 182 Å². The van der Waals surface area contributed by atoms with Gasteiger partial charge < -0.3 is 10.0 Å². The van der Waals surface area contributed by atoms with E-state index in [1.807, 2.05) is 24.3 Å². The summed E-state index contributed by atoms with van der Waals surface area (Å²) >= 11 is 15.5. The molecule has 8 heteroatoms. The van der Waals surface area contributed by atoms with Crippen LogP contribution in [0.2, 0.25) is 10.0 Å². The Balaban J connectivity index is 2.04. The highest BCUT2D eigenvalue weighted by molar-refractivity contribution is 9.10. The molecule has 0 saturated carbocycles. The van der Waals surface area contributed by atoms with Gasteiger partial charge in [-0.1, -0.05) is 51.3 Å². The maximum atomic E-state index is 13.4. The van der Waals surface area contributed by atoms with Gasteiger partial charge in [-0.05, 0) is 49.7 Å². The Morgan fingerprint density at radius 3 is 2.21 bits per heavy atom. The molecule has 3 amide bonds. The molecule has 1 N–H and O–H groups in total. The zero-order chi connectivity index (χ0) is 20.6. The van der Waals surface area contributed by atoms with Gasteiger partial charge in [0.05, 0.1) is 11.8 Å². The lowest BCUT2D eigenvalue weighted by molar-refractivity contribution is -0.124. The molecule has 5 nitrogen and oxygen atoms in total. The van der Waals surface area contributed by atoms with Crippen LogP contribution in [0.3, 0.4) is 0 Å². The first kappa shape index (κ1) is 21.1. The van der Waals surface area contributed by atoms with Gasteiger partial charge in [0.15, 0.2) is 0 Å². The van der Waals surface area contributed by atoms with Crippen LogP contribution < -0.4 is 4.90 Å². The van der Waals surface area contributed by atoms with E-state index < -0.39 is 17.7 Å². The summed E-state index contributed by atoms with van der Waals surface area (Å²) < 4.78 is 0.922. The monoisotopic (exact) mass is 484 g/mol. The minimum absolute atomic E-state index is 0.0302. The number of urea groups is 1. The largest absolute Gasteiger partial charge is 0.392 e. The third kappa shape index (κ3) is 4.06. The van der Waals surface area contributed by atoms with Crippen molar-refractivity contribution in [2.75, 3.05) is 11.4 Å². The summed E-state index contributed by atoms with van der Waals surface area (Å²) in [6.07, 6.45) is -0.480. The molecular formula is C20H19BrCl2N2O3. The summed E-state index contributed by atoms with van der Waals surface area (Å²) in [5.41, 5.74) is 0.0486. The number of anilines is 1. The fourth-order valence-electron chi connectivity index (χ4n) is 3.39. The Hall–Kier alpha value is -1.60. The molecule has 1 saturated heterocycles. The van der Waals surface area contributed by atoms with Gasteiger partial charge in [-0.3, -0.25) is 4.79 Å². The molecule has 0 radical (unpaired) electrons. The fraction of sp³-hybridized carbons (Fsp3) is 0.300. The predicted molar refractivity (Wildman–Crippen MR) is 114 cm³/mol. The van der Waals surface area contributed by atoms with Crippen LogP contribution in [-0.2, 0) is 11.2 Å². The molecule has 0 aromatic heterocycles. The van der Waals surface area contributed by atoms with Crippen LogP contribution >= 0.6 is 39.1 Å². The summed E-state index contributed by atoms with van der Waals surface area (Å²) in [5, 5.41) is 10.6. The van der Waals surface area contributed by atoms with E-state index in [1.165, 1.54) is 23.1 Å². The summed E-state index contributed by atoms with van der Waals surface area (Å²) in [5.74, 6) is -0.389. The molecule has 2 aromatic rings. The van der Waals surface area contributed by atoms with Crippen LogP contribution in [0.25, 0.3) is 0 Å². The number of carbonyl (C=O) groups excluding carboxylic acids is 2. The van der Waals surface area contributed by atoms with Crippen molar-refractivity contribution in [1.82, 2.24) is 4.90 Å². The fourth-order valence-corrected chi connectivity index (χ4v) is 4.16. The first-order valence-electron chi connectivity index (χ1n) is 8.66. The SMILES string of the molecule is C[C@H](O)CN1C(=O)N(c2cc(Cl)cc(Cl)c2)C(=O)[C@@]1(C)Cc1ccc(Br)cc1. The van der Waals surface area contributed by atoms with E-state index in [0.717, 1.165) is 14.9 Å². The number of hydrogen-bond acceptors (Lipinski definition) is 3. The Kier molecular flexibility index (Phi) is 6.05. The van der Waals surface area contributed by atoms with Gasteiger partial charge in [-0.25, -0.2) is 9.69 Å². The van der Waals surface area contributed by atoms with Gasteiger partial charge in [0.1, 0.15) is 5.54 Å². The van der Waals surface area contributed by atoms with E-state index in [2.05, 4.69) is 15.9 Å². The van der Waals surface area contributed by atoms with E-state index in [9.17, 15) is 14.7 Å². The van der Waals surface area contributed by atoms with E-state index in [0.29, 0.717) is 22.2 Å². The minimum Gasteiger partial charge on any atom is -0.392 e. The zero-order valence-electron chi connectivity index (χ0n) is 15.3. The molecule has 0 aliphatic carbocycles. The normalized spacial score (nSPS) is 20.8. The first-order valence-corrected chi connectivity index (χ1v) is 10.2. The van der Waals surface area contributed by atoms with Gasteiger partial charge in [0.2, 0.25) is 0 Å². The molecular weight excluding hydrogens is 467 g/mol. The highest BCUT2D eigenvalue weighted by Gasteiger charge is 2.54. The second-order valence-electron chi connectivity index (χ2n) is 7.09. The number of aliphatic hydroxyl groups is 1. The van der Waals surface area contributed by atoms with Crippen molar-refractivity contribution in [3.05, 3.63) is 62.5 Å². The summed E-state index contributed by atoms with van der Waals surface area (Å²) in [6.45, 7) is 3.32. The maximum Gasteiger partial charge on any atom is 0.332 e. The number of halogens is 3. The molecule has 1 aliphatic heterocycles. The molecule has 2 aromatic carbocycles. The number of rotatable bonds is 5. The minimum atomic E-state index is -1.16. The lowest BCUT2D eigenvalue weighted by Gasteiger charge is -2.32. The van der Waals surface area contributed by atoms with E-state index in [-0.39, 0.29) is 12.5 Å². The van der Waals surface area contributed by atoms with Crippen LogP contribution in [0, 0.1) is 0 Å². The smallest absolute Gasteiger partial charge is 0.332 e. The molecule has 0 bridgehead atoms. The molecule has 3 rings (SSSR count). The van der Waals surface area contributed by atoms with Crippen molar-refractivity contribution in [2.45, 2.75) is 31.9 Å². The van der Waals surface area contributed by atoms with Gasteiger partial charge in [0, 0.05) is 27.5 Å². The molecule has 0 spiro atoms. The van der Waals surface area contributed by atoms with Gasteiger partial charge >= 0.3 is 6.03 Å². The maximum absolute atomic E-state index is 13.4. The van der Waals surface area contributed by atoms with E-state index >= 15 is 0 Å². The lowest BCUT2D eigenvalue weighted by atomic mass is 9.91. The number of benzene rings is 2. The number of amides is 3. The third-order valence-electron chi connectivity index (χ3n) is 4.70. The molecule has 1 aliphatic rings. The van der Waals surface area contributed by atoms with Crippen LogP contribution in [0.15, 0.2) is 46.9 Å². The Morgan fingerprint density at radius 1 is 1.11 bits per heavy atom. The summed E-state index contributed by atoms with van der Waals surface area (Å²) in [7, 11) is 0. The second kappa shape index (κ2) is 8.03. The number of nitrogens with zero attached hydrogens (tertiary/aromatic N) is 2. The highest BCUT2D eigenvalue weighted by Crippen LogP contribution is 2.37. The second-order valence-corrected chi connectivity index (χ2v) is 8.88. The molecule has 28 heavy (non-hydrogen) atoms. The lowest BCUT2D eigenvalue weighted by Crippen LogP contribution is -2.51. The van der Waals surface area contributed by atoms with Crippen LogP contribution in [0.5, 0.6) is 0 Å². The van der Waals surface area contributed by atoms with Gasteiger partial charge in [-0.2, -0.15) is 0 Å². The van der Waals surface area contributed by atoms with Gasteiger partial charge in [-0.15, -0.1) is 0 Å².